The molecule has 0 saturated heterocycles. The Bertz CT molecular complexity index is 647. The van der Waals surface area contributed by atoms with Crippen molar-refractivity contribution in [3.8, 4) is 6.07 Å². The van der Waals surface area contributed by atoms with Gasteiger partial charge < -0.3 is 10.6 Å². The molecule has 3 nitrogen and oxygen atoms in total. The molecule has 0 fully saturated rings. The minimum Gasteiger partial charge on any atom is -0.397 e. The Balaban J connectivity index is 2.41. The zero-order valence-corrected chi connectivity index (χ0v) is 11.8. The lowest BCUT2D eigenvalue weighted by Gasteiger charge is -2.21. The molecule has 5 heteroatoms. The van der Waals surface area contributed by atoms with E-state index in [0.717, 1.165) is 5.69 Å². The van der Waals surface area contributed by atoms with E-state index in [9.17, 15) is 4.39 Å². The van der Waals surface area contributed by atoms with Crippen LogP contribution in [0, 0.1) is 17.1 Å². The maximum atomic E-state index is 13.6. The number of nitriles is 1. The SMILES string of the molecule is CN(c1ccc(C#N)cc1)c1cc(F)c(Br)cc1N. The molecule has 2 aromatic rings. The third-order valence-corrected chi connectivity index (χ3v) is 3.42. The van der Waals surface area contributed by atoms with Gasteiger partial charge in [-0.15, -0.1) is 0 Å². The molecule has 0 heterocycles. The minimum absolute atomic E-state index is 0.335. The molecule has 0 unspecified atom stereocenters. The van der Waals surface area contributed by atoms with Gasteiger partial charge in [-0.3, -0.25) is 0 Å². The van der Waals surface area contributed by atoms with E-state index in [1.165, 1.54) is 12.1 Å². The predicted octanol–water partition coefficient (Wildman–Crippen LogP) is 3.81. The number of nitrogens with zero attached hydrogens (tertiary/aromatic N) is 2. The predicted molar refractivity (Wildman–Crippen MR) is 77.7 cm³/mol. The summed E-state index contributed by atoms with van der Waals surface area (Å²) in [5.41, 5.74) is 8.34. The van der Waals surface area contributed by atoms with Crippen molar-refractivity contribution < 1.29 is 4.39 Å². The van der Waals surface area contributed by atoms with Gasteiger partial charge in [0.25, 0.3) is 0 Å². The molecule has 0 aromatic heterocycles. The molecule has 0 saturated carbocycles. The minimum atomic E-state index is -0.371. The summed E-state index contributed by atoms with van der Waals surface area (Å²) in [6, 6.07) is 11.9. The van der Waals surface area contributed by atoms with Crippen molar-refractivity contribution in [3.63, 3.8) is 0 Å². The van der Waals surface area contributed by atoms with Gasteiger partial charge >= 0.3 is 0 Å². The Morgan fingerprint density at radius 3 is 2.47 bits per heavy atom. The summed E-state index contributed by atoms with van der Waals surface area (Å²) >= 11 is 3.09. The highest BCUT2D eigenvalue weighted by Crippen LogP contribution is 2.32. The Hall–Kier alpha value is -2.06. The fourth-order valence-electron chi connectivity index (χ4n) is 1.74. The molecular weight excluding hydrogens is 309 g/mol. The molecule has 0 amide bonds. The first-order valence-corrected chi connectivity index (χ1v) is 6.30. The highest BCUT2D eigenvalue weighted by atomic mass is 79.9. The molecule has 0 aliphatic rings. The zero-order valence-electron chi connectivity index (χ0n) is 10.2. The van der Waals surface area contributed by atoms with Crippen LogP contribution < -0.4 is 10.6 Å². The van der Waals surface area contributed by atoms with Crippen LogP contribution in [-0.2, 0) is 0 Å². The number of anilines is 3. The second-order valence-corrected chi connectivity index (χ2v) is 4.90. The Kier molecular flexibility index (Phi) is 3.72. The van der Waals surface area contributed by atoms with Crippen LogP contribution >= 0.6 is 15.9 Å². The van der Waals surface area contributed by atoms with Crippen molar-refractivity contribution in [2.75, 3.05) is 17.7 Å². The monoisotopic (exact) mass is 319 g/mol. The van der Waals surface area contributed by atoms with Gasteiger partial charge in [0.1, 0.15) is 5.82 Å². The quantitative estimate of drug-likeness (QED) is 0.856. The summed E-state index contributed by atoms with van der Waals surface area (Å²) in [6.07, 6.45) is 0. The van der Waals surface area contributed by atoms with Gasteiger partial charge in [-0.1, -0.05) is 0 Å². The molecule has 96 valence electrons. The maximum absolute atomic E-state index is 13.6. The van der Waals surface area contributed by atoms with Crippen LogP contribution in [0.1, 0.15) is 5.56 Å². The van der Waals surface area contributed by atoms with Crippen molar-refractivity contribution in [3.05, 3.63) is 52.3 Å². The molecule has 2 rings (SSSR count). The van der Waals surface area contributed by atoms with Crippen molar-refractivity contribution >= 4 is 33.0 Å². The number of halogens is 2. The van der Waals surface area contributed by atoms with E-state index in [1.54, 1.807) is 36.2 Å². The van der Waals surface area contributed by atoms with Crippen molar-refractivity contribution in [2.24, 2.45) is 0 Å². The van der Waals surface area contributed by atoms with Gasteiger partial charge in [0.05, 0.1) is 27.5 Å². The first-order valence-electron chi connectivity index (χ1n) is 5.51. The van der Waals surface area contributed by atoms with Crippen LogP contribution in [0.25, 0.3) is 0 Å². The third-order valence-electron chi connectivity index (χ3n) is 2.81. The molecule has 0 aliphatic heterocycles. The van der Waals surface area contributed by atoms with Crippen LogP contribution in [0.3, 0.4) is 0 Å². The van der Waals surface area contributed by atoms with E-state index in [1.807, 2.05) is 0 Å². The standard InChI is InChI=1S/C14H11BrFN3/c1-19(10-4-2-9(8-17)3-5-10)14-7-12(16)11(15)6-13(14)18/h2-7H,18H2,1H3. The largest absolute Gasteiger partial charge is 0.397 e. The highest BCUT2D eigenvalue weighted by Gasteiger charge is 2.11. The number of rotatable bonds is 2. The van der Waals surface area contributed by atoms with Gasteiger partial charge in [-0.2, -0.15) is 5.26 Å². The summed E-state index contributed by atoms with van der Waals surface area (Å²) in [6.45, 7) is 0. The molecule has 0 bridgehead atoms. The summed E-state index contributed by atoms with van der Waals surface area (Å²) < 4.78 is 13.9. The second-order valence-electron chi connectivity index (χ2n) is 4.04. The van der Waals surface area contributed by atoms with E-state index in [2.05, 4.69) is 22.0 Å². The van der Waals surface area contributed by atoms with Gasteiger partial charge in [0.2, 0.25) is 0 Å². The van der Waals surface area contributed by atoms with Crippen molar-refractivity contribution in [2.45, 2.75) is 0 Å². The molecule has 2 aromatic carbocycles. The van der Waals surface area contributed by atoms with Gasteiger partial charge in [0, 0.05) is 18.8 Å². The van der Waals surface area contributed by atoms with Crippen LogP contribution in [0.4, 0.5) is 21.5 Å². The molecular formula is C14H11BrFN3. The summed E-state index contributed by atoms with van der Waals surface area (Å²) in [5, 5.41) is 8.76. The topological polar surface area (TPSA) is 53.0 Å². The summed E-state index contributed by atoms with van der Waals surface area (Å²) in [7, 11) is 1.79. The van der Waals surface area contributed by atoms with Crippen LogP contribution in [-0.4, -0.2) is 7.05 Å². The van der Waals surface area contributed by atoms with E-state index >= 15 is 0 Å². The molecule has 19 heavy (non-hydrogen) atoms. The third kappa shape index (κ3) is 2.69. The average molecular weight is 320 g/mol. The Morgan fingerprint density at radius 2 is 1.89 bits per heavy atom. The zero-order chi connectivity index (χ0) is 14.0. The van der Waals surface area contributed by atoms with Crippen LogP contribution in [0.15, 0.2) is 40.9 Å². The summed E-state index contributed by atoms with van der Waals surface area (Å²) in [4.78, 5) is 1.77. The molecule has 0 spiro atoms. The van der Waals surface area contributed by atoms with Crippen LogP contribution in [0.2, 0.25) is 0 Å². The Labute approximate surface area is 119 Å². The lowest BCUT2D eigenvalue weighted by molar-refractivity contribution is 0.621. The lowest BCUT2D eigenvalue weighted by Crippen LogP contribution is -2.12. The highest BCUT2D eigenvalue weighted by molar-refractivity contribution is 9.10. The first kappa shape index (κ1) is 13.4. The number of benzene rings is 2. The van der Waals surface area contributed by atoms with Crippen LogP contribution in [0.5, 0.6) is 0 Å². The first-order chi connectivity index (χ1) is 9.02. The smallest absolute Gasteiger partial charge is 0.139 e. The van der Waals surface area contributed by atoms with E-state index in [4.69, 9.17) is 11.0 Å². The van der Waals surface area contributed by atoms with Crippen molar-refractivity contribution in [1.82, 2.24) is 0 Å². The number of hydrogen-bond donors (Lipinski definition) is 1. The lowest BCUT2D eigenvalue weighted by atomic mass is 10.2. The fourth-order valence-corrected chi connectivity index (χ4v) is 2.10. The average Bonchev–Trinajstić information content (AvgIpc) is 2.42. The van der Waals surface area contributed by atoms with E-state index in [0.29, 0.717) is 21.4 Å². The fraction of sp³-hybridized carbons (Fsp3) is 0.0714. The maximum Gasteiger partial charge on any atom is 0.139 e. The van der Waals surface area contributed by atoms with Gasteiger partial charge in [-0.25, -0.2) is 4.39 Å². The van der Waals surface area contributed by atoms with Crippen molar-refractivity contribution in [1.29, 1.82) is 5.26 Å². The molecule has 0 atom stereocenters. The Morgan fingerprint density at radius 1 is 1.26 bits per heavy atom. The second kappa shape index (κ2) is 5.29. The van der Waals surface area contributed by atoms with Gasteiger partial charge in [0.15, 0.2) is 0 Å². The normalized spacial score (nSPS) is 10.0. The van der Waals surface area contributed by atoms with E-state index < -0.39 is 0 Å². The number of nitrogens with two attached hydrogens (primary N) is 1. The van der Waals surface area contributed by atoms with E-state index in [-0.39, 0.29) is 5.82 Å². The summed E-state index contributed by atoms with van der Waals surface area (Å²) in [5.74, 6) is -0.371. The molecule has 2 N–H and O–H groups in total. The molecule has 0 aliphatic carbocycles. The number of nitrogen functional groups attached to an aromatic ring is 1. The molecule has 0 radical (unpaired) electrons. The number of hydrogen-bond acceptors (Lipinski definition) is 3. The van der Waals surface area contributed by atoms with Gasteiger partial charge in [-0.05, 0) is 46.3 Å².